The summed E-state index contributed by atoms with van der Waals surface area (Å²) in [5.74, 6) is 0.901. The lowest BCUT2D eigenvalue weighted by atomic mass is 10.2. The zero-order chi connectivity index (χ0) is 17.5. The highest BCUT2D eigenvalue weighted by Crippen LogP contribution is 2.21. The number of hydrogen-bond acceptors (Lipinski definition) is 2. The quantitative estimate of drug-likeness (QED) is 0.573. The van der Waals surface area contributed by atoms with Crippen LogP contribution in [-0.2, 0) is 13.0 Å². The van der Waals surface area contributed by atoms with Gasteiger partial charge in [-0.2, -0.15) is 0 Å². The molecule has 3 aromatic rings. The molecule has 0 saturated heterocycles. The Hall–Kier alpha value is -2.45. The molecule has 0 bridgehead atoms. The van der Waals surface area contributed by atoms with Crippen molar-refractivity contribution >= 4 is 17.3 Å². The van der Waals surface area contributed by atoms with Crippen molar-refractivity contribution in [2.45, 2.75) is 19.9 Å². The molecule has 128 valence electrons. The van der Waals surface area contributed by atoms with Gasteiger partial charge in [0.25, 0.3) is 0 Å². The average molecular weight is 352 g/mol. The summed E-state index contributed by atoms with van der Waals surface area (Å²) < 4.78 is 5.82. The number of ether oxygens (including phenoxy) is 1. The van der Waals surface area contributed by atoms with Crippen LogP contribution in [0.5, 0.6) is 5.75 Å². The van der Waals surface area contributed by atoms with E-state index in [1.165, 1.54) is 11.1 Å². The standard InChI is InChI=1S/C22H22ClNO/c1-17-7-10-20(15-22(17)23)24-16-19-8-11-21(12-9-19)25-14-13-18-5-3-2-4-6-18/h2-12,15,24H,13-14,16H2,1H3. The highest BCUT2D eigenvalue weighted by atomic mass is 35.5. The van der Waals surface area contributed by atoms with Gasteiger partial charge in [0.15, 0.2) is 0 Å². The van der Waals surface area contributed by atoms with E-state index in [1.54, 1.807) is 0 Å². The van der Waals surface area contributed by atoms with E-state index in [0.717, 1.165) is 35.0 Å². The highest BCUT2D eigenvalue weighted by molar-refractivity contribution is 6.31. The molecule has 0 aliphatic heterocycles. The van der Waals surface area contributed by atoms with Crippen LogP contribution in [0.2, 0.25) is 5.02 Å². The molecule has 0 heterocycles. The molecular weight excluding hydrogens is 330 g/mol. The van der Waals surface area contributed by atoms with Crippen molar-refractivity contribution in [3.05, 3.63) is 94.5 Å². The molecule has 0 radical (unpaired) electrons. The van der Waals surface area contributed by atoms with Crippen LogP contribution < -0.4 is 10.1 Å². The molecule has 0 atom stereocenters. The van der Waals surface area contributed by atoms with Crippen molar-refractivity contribution in [3.8, 4) is 5.75 Å². The fourth-order valence-electron chi connectivity index (χ4n) is 2.54. The van der Waals surface area contributed by atoms with Crippen molar-refractivity contribution < 1.29 is 4.74 Å². The first-order valence-electron chi connectivity index (χ1n) is 8.46. The lowest BCUT2D eigenvalue weighted by Crippen LogP contribution is -2.02. The Morgan fingerprint density at radius 2 is 1.64 bits per heavy atom. The summed E-state index contributed by atoms with van der Waals surface area (Å²) in [7, 11) is 0. The third-order valence-electron chi connectivity index (χ3n) is 4.09. The number of anilines is 1. The molecule has 3 aromatic carbocycles. The number of hydrogen-bond donors (Lipinski definition) is 1. The van der Waals surface area contributed by atoms with Gasteiger partial charge in [0.1, 0.15) is 5.75 Å². The van der Waals surface area contributed by atoms with Gasteiger partial charge in [0.2, 0.25) is 0 Å². The van der Waals surface area contributed by atoms with E-state index in [-0.39, 0.29) is 0 Å². The van der Waals surface area contributed by atoms with Gasteiger partial charge in [-0.1, -0.05) is 60.1 Å². The second-order valence-electron chi connectivity index (χ2n) is 6.05. The summed E-state index contributed by atoms with van der Waals surface area (Å²) in [5.41, 5.74) is 4.61. The van der Waals surface area contributed by atoms with Crippen molar-refractivity contribution in [1.82, 2.24) is 0 Å². The van der Waals surface area contributed by atoms with E-state index in [9.17, 15) is 0 Å². The highest BCUT2D eigenvalue weighted by Gasteiger charge is 2.00. The second kappa shape index (κ2) is 8.59. The third-order valence-corrected chi connectivity index (χ3v) is 4.50. The molecule has 0 spiro atoms. The predicted octanol–water partition coefficient (Wildman–Crippen LogP) is 5.88. The normalized spacial score (nSPS) is 10.5. The van der Waals surface area contributed by atoms with E-state index >= 15 is 0 Å². The maximum atomic E-state index is 6.15. The van der Waals surface area contributed by atoms with E-state index in [2.05, 4.69) is 41.7 Å². The number of aryl methyl sites for hydroxylation is 1. The van der Waals surface area contributed by atoms with E-state index in [0.29, 0.717) is 6.61 Å². The van der Waals surface area contributed by atoms with Gasteiger partial charge in [-0.3, -0.25) is 0 Å². The molecule has 2 nitrogen and oxygen atoms in total. The van der Waals surface area contributed by atoms with Gasteiger partial charge < -0.3 is 10.1 Å². The SMILES string of the molecule is Cc1ccc(NCc2ccc(OCCc3ccccc3)cc2)cc1Cl. The summed E-state index contributed by atoms with van der Waals surface area (Å²) >= 11 is 6.15. The smallest absolute Gasteiger partial charge is 0.119 e. The molecule has 0 unspecified atom stereocenters. The van der Waals surface area contributed by atoms with Crippen LogP contribution in [0.1, 0.15) is 16.7 Å². The summed E-state index contributed by atoms with van der Waals surface area (Å²) in [6, 6.07) is 24.6. The van der Waals surface area contributed by atoms with Gasteiger partial charge in [-0.25, -0.2) is 0 Å². The van der Waals surface area contributed by atoms with Crippen LogP contribution in [-0.4, -0.2) is 6.61 Å². The minimum absolute atomic E-state index is 0.684. The monoisotopic (exact) mass is 351 g/mol. The third kappa shape index (κ3) is 5.27. The Morgan fingerprint density at radius 1 is 0.880 bits per heavy atom. The van der Waals surface area contributed by atoms with Crippen molar-refractivity contribution in [1.29, 1.82) is 0 Å². The van der Waals surface area contributed by atoms with Crippen LogP contribution in [0.25, 0.3) is 0 Å². The minimum Gasteiger partial charge on any atom is -0.493 e. The van der Waals surface area contributed by atoms with Crippen LogP contribution in [0.4, 0.5) is 5.69 Å². The minimum atomic E-state index is 0.684. The molecule has 0 aliphatic rings. The molecule has 3 rings (SSSR count). The molecule has 0 fully saturated rings. The number of rotatable bonds is 7. The van der Waals surface area contributed by atoms with Gasteiger partial charge in [0, 0.05) is 23.7 Å². The van der Waals surface area contributed by atoms with E-state index < -0.39 is 0 Å². The van der Waals surface area contributed by atoms with Crippen LogP contribution >= 0.6 is 11.6 Å². The molecule has 0 aromatic heterocycles. The Morgan fingerprint density at radius 3 is 2.36 bits per heavy atom. The Kier molecular flexibility index (Phi) is 5.97. The first kappa shape index (κ1) is 17.4. The van der Waals surface area contributed by atoms with Gasteiger partial charge in [-0.15, -0.1) is 0 Å². The second-order valence-corrected chi connectivity index (χ2v) is 6.45. The largest absolute Gasteiger partial charge is 0.493 e. The van der Waals surface area contributed by atoms with E-state index in [1.807, 2.05) is 43.3 Å². The molecule has 0 saturated carbocycles. The summed E-state index contributed by atoms with van der Waals surface area (Å²) in [6.07, 6.45) is 0.915. The first-order chi connectivity index (χ1) is 12.2. The molecule has 3 heteroatoms. The topological polar surface area (TPSA) is 21.3 Å². The summed E-state index contributed by atoms with van der Waals surface area (Å²) in [6.45, 7) is 3.44. The zero-order valence-electron chi connectivity index (χ0n) is 14.3. The van der Waals surface area contributed by atoms with Gasteiger partial charge in [-0.05, 0) is 47.9 Å². The van der Waals surface area contributed by atoms with Crippen LogP contribution in [0, 0.1) is 6.92 Å². The fraction of sp³-hybridized carbons (Fsp3) is 0.182. The van der Waals surface area contributed by atoms with Crippen molar-refractivity contribution in [3.63, 3.8) is 0 Å². The Balaban J connectivity index is 1.47. The lowest BCUT2D eigenvalue weighted by molar-refractivity contribution is 0.322. The maximum Gasteiger partial charge on any atom is 0.119 e. The van der Waals surface area contributed by atoms with Crippen LogP contribution in [0.3, 0.4) is 0 Å². The van der Waals surface area contributed by atoms with E-state index in [4.69, 9.17) is 16.3 Å². The molecule has 0 aliphatic carbocycles. The predicted molar refractivity (Wildman–Crippen MR) is 106 cm³/mol. The number of nitrogens with one attached hydrogen (secondary N) is 1. The fourth-order valence-corrected chi connectivity index (χ4v) is 2.72. The van der Waals surface area contributed by atoms with Gasteiger partial charge >= 0.3 is 0 Å². The molecule has 1 N–H and O–H groups in total. The summed E-state index contributed by atoms with van der Waals surface area (Å²) in [5, 5.41) is 4.17. The van der Waals surface area contributed by atoms with Crippen molar-refractivity contribution in [2.24, 2.45) is 0 Å². The number of halogens is 1. The van der Waals surface area contributed by atoms with Gasteiger partial charge in [0.05, 0.1) is 6.61 Å². The van der Waals surface area contributed by atoms with Crippen LogP contribution in [0.15, 0.2) is 72.8 Å². The maximum absolute atomic E-state index is 6.15. The molecule has 0 amide bonds. The Bertz CT molecular complexity index is 800. The lowest BCUT2D eigenvalue weighted by Gasteiger charge is -2.10. The molecule has 25 heavy (non-hydrogen) atoms. The zero-order valence-corrected chi connectivity index (χ0v) is 15.1. The summed E-state index contributed by atoms with van der Waals surface area (Å²) in [4.78, 5) is 0. The first-order valence-corrected chi connectivity index (χ1v) is 8.84. The average Bonchev–Trinajstić information content (AvgIpc) is 2.65. The van der Waals surface area contributed by atoms with Crippen molar-refractivity contribution in [2.75, 3.05) is 11.9 Å². The number of benzene rings is 3. The molecular formula is C22H22ClNO. The Labute approximate surface area is 154 Å².